The number of ether oxygens (including phenoxy) is 1. The molecule has 0 bridgehead atoms. The number of carbonyl (C=O) groups is 3. The van der Waals surface area contributed by atoms with E-state index in [-0.39, 0.29) is 19.3 Å². The number of imide groups is 1. The van der Waals surface area contributed by atoms with Crippen LogP contribution in [0.5, 0.6) is 0 Å². The summed E-state index contributed by atoms with van der Waals surface area (Å²) in [5.41, 5.74) is 1.14. The first-order chi connectivity index (χ1) is 9.52. The van der Waals surface area contributed by atoms with Gasteiger partial charge in [-0.25, -0.2) is 4.79 Å². The molecule has 0 aromatic heterocycles. The molecular weight excluding hydrogens is 264 g/mol. The van der Waals surface area contributed by atoms with Crippen LogP contribution in [0.3, 0.4) is 0 Å². The van der Waals surface area contributed by atoms with Crippen molar-refractivity contribution in [2.45, 2.75) is 25.7 Å². The molecule has 0 saturated carbocycles. The van der Waals surface area contributed by atoms with E-state index in [9.17, 15) is 14.4 Å². The molecule has 0 spiro atoms. The predicted molar refractivity (Wildman–Crippen MR) is 71.2 cm³/mol. The van der Waals surface area contributed by atoms with Crippen molar-refractivity contribution in [3.8, 4) is 0 Å². The minimum absolute atomic E-state index is 0.0383. The maximum absolute atomic E-state index is 11.8. The van der Waals surface area contributed by atoms with Gasteiger partial charge in [0.15, 0.2) is 0 Å². The molecule has 1 heterocycles. The molecule has 1 aliphatic heterocycles. The number of amides is 3. The van der Waals surface area contributed by atoms with Gasteiger partial charge in [0.25, 0.3) is 0 Å². The molecule has 7 heteroatoms. The lowest BCUT2D eigenvalue weighted by molar-refractivity contribution is -0.137. The monoisotopic (exact) mass is 284 g/mol. The van der Waals surface area contributed by atoms with E-state index >= 15 is 0 Å². The summed E-state index contributed by atoms with van der Waals surface area (Å²) in [5, 5.41) is 10.7. The van der Waals surface area contributed by atoms with Crippen LogP contribution in [-0.2, 0) is 14.3 Å². The smallest absolute Gasteiger partial charge is 0.324 e. The van der Waals surface area contributed by atoms with Crippen LogP contribution in [0.25, 0.3) is 0 Å². The lowest BCUT2D eigenvalue weighted by Gasteiger charge is -2.26. The topological polar surface area (TPSA) is 95.9 Å². The van der Waals surface area contributed by atoms with Crippen molar-refractivity contribution in [3.63, 3.8) is 0 Å². The number of hydrogen-bond acceptors (Lipinski definition) is 4. The third kappa shape index (κ3) is 5.83. The Kier molecular flexibility index (Phi) is 6.72. The summed E-state index contributed by atoms with van der Waals surface area (Å²) in [5.74, 6) is -1.39. The van der Waals surface area contributed by atoms with Crippen molar-refractivity contribution < 1.29 is 24.2 Å². The second kappa shape index (κ2) is 8.31. The molecule has 0 radical (unpaired) electrons. The molecule has 0 unspecified atom stereocenters. The lowest BCUT2D eigenvalue weighted by atomic mass is 10.1. The Hall–Kier alpha value is -1.89. The maximum Gasteiger partial charge on any atom is 0.324 e. The predicted octanol–water partition coefficient (Wildman–Crippen LogP) is 0.756. The van der Waals surface area contributed by atoms with Crippen LogP contribution in [0.2, 0.25) is 0 Å². The minimum Gasteiger partial charge on any atom is -0.481 e. The Morgan fingerprint density at radius 3 is 2.70 bits per heavy atom. The van der Waals surface area contributed by atoms with E-state index in [2.05, 4.69) is 5.32 Å². The summed E-state index contributed by atoms with van der Waals surface area (Å²) in [6, 6.07) is -0.432. The van der Waals surface area contributed by atoms with Crippen LogP contribution in [0.15, 0.2) is 11.6 Å². The Labute approximate surface area is 117 Å². The Morgan fingerprint density at radius 1 is 1.40 bits per heavy atom. The van der Waals surface area contributed by atoms with Crippen molar-refractivity contribution in [2.75, 3.05) is 26.8 Å². The first-order valence-electron chi connectivity index (χ1n) is 6.50. The van der Waals surface area contributed by atoms with Gasteiger partial charge < -0.3 is 14.7 Å². The summed E-state index contributed by atoms with van der Waals surface area (Å²) in [6.07, 6.45) is 2.84. The molecule has 0 saturated heterocycles. The third-order valence-corrected chi connectivity index (χ3v) is 2.96. The second-order valence-electron chi connectivity index (χ2n) is 4.59. The van der Waals surface area contributed by atoms with E-state index in [1.165, 1.54) is 4.90 Å². The molecule has 0 aliphatic carbocycles. The van der Waals surface area contributed by atoms with Crippen LogP contribution in [-0.4, -0.2) is 54.7 Å². The number of carboxylic acids is 1. The highest BCUT2D eigenvalue weighted by molar-refractivity contribution is 5.94. The quantitative estimate of drug-likeness (QED) is 0.702. The number of rotatable bonds is 6. The van der Waals surface area contributed by atoms with E-state index < -0.39 is 17.9 Å². The van der Waals surface area contributed by atoms with Crippen molar-refractivity contribution in [1.29, 1.82) is 0 Å². The molecule has 112 valence electrons. The van der Waals surface area contributed by atoms with Gasteiger partial charge in [-0.3, -0.25) is 14.9 Å². The number of urea groups is 1. The lowest BCUT2D eigenvalue weighted by Crippen LogP contribution is -2.44. The van der Waals surface area contributed by atoms with Crippen LogP contribution < -0.4 is 5.32 Å². The van der Waals surface area contributed by atoms with E-state index in [0.717, 1.165) is 12.0 Å². The van der Waals surface area contributed by atoms with E-state index in [1.54, 1.807) is 7.11 Å². The van der Waals surface area contributed by atoms with Crippen LogP contribution in [0.1, 0.15) is 25.7 Å². The zero-order chi connectivity index (χ0) is 15.0. The molecule has 1 rings (SSSR count). The first kappa shape index (κ1) is 16.2. The summed E-state index contributed by atoms with van der Waals surface area (Å²) in [4.78, 5) is 35.1. The summed E-state index contributed by atoms with van der Waals surface area (Å²) in [7, 11) is 1.62. The minimum atomic E-state index is -0.948. The highest BCUT2D eigenvalue weighted by atomic mass is 16.5. The van der Waals surface area contributed by atoms with Crippen LogP contribution >= 0.6 is 0 Å². The summed E-state index contributed by atoms with van der Waals surface area (Å²) >= 11 is 0. The number of carboxylic acid groups (broad SMARTS) is 1. The largest absolute Gasteiger partial charge is 0.481 e. The van der Waals surface area contributed by atoms with Gasteiger partial charge in [0.2, 0.25) is 5.91 Å². The number of nitrogens with one attached hydrogen (secondary N) is 1. The summed E-state index contributed by atoms with van der Waals surface area (Å²) in [6.45, 7) is 1.56. The fourth-order valence-corrected chi connectivity index (χ4v) is 1.87. The molecule has 20 heavy (non-hydrogen) atoms. The molecule has 0 fully saturated rings. The fraction of sp³-hybridized carbons (Fsp3) is 0.615. The van der Waals surface area contributed by atoms with Gasteiger partial charge in [-0.2, -0.15) is 0 Å². The summed E-state index contributed by atoms with van der Waals surface area (Å²) < 4.78 is 5.02. The third-order valence-electron chi connectivity index (χ3n) is 2.96. The molecule has 3 amide bonds. The van der Waals surface area contributed by atoms with Crippen molar-refractivity contribution >= 4 is 17.9 Å². The van der Waals surface area contributed by atoms with Gasteiger partial charge in [-0.05, 0) is 18.4 Å². The SMILES string of the molecule is COCC1=CCN(C(=O)NC(=O)CCCC(=O)O)CC1. The van der Waals surface area contributed by atoms with Crippen molar-refractivity contribution in [2.24, 2.45) is 0 Å². The Bertz CT molecular complexity index is 406. The highest BCUT2D eigenvalue weighted by Gasteiger charge is 2.18. The first-order valence-corrected chi connectivity index (χ1v) is 6.50. The molecule has 0 aromatic carbocycles. The maximum atomic E-state index is 11.8. The molecule has 0 atom stereocenters. The number of methoxy groups -OCH3 is 1. The number of aliphatic carboxylic acids is 1. The average Bonchev–Trinajstić information content (AvgIpc) is 2.39. The molecule has 0 aromatic rings. The molecule has 7 nitrogen and oxygen atoms in total. The highest BCUT2D eigenvalue weighted by Crippen LogP contribution is 2.10. The number of carbonyl (C=O) groups excluding carboxylic acids is 2. The fourth-order valence-electron chi connectivity index (χ4n) is 1.87. The van der Waals surface area contributed by atoms with Gasteiger partial charge in [0.05, 0.1) is 6.61 Å². The van der Waals surface area contributed by atoms with Crippen molar-refractivity contribution in [3.05, 3.63) is 11.6 Å². The Morgan fingerprint density at radius 2 is 2.15 bits per heavy atom. The van der Waals surface area contributed by atoms with E-state index in [1.807, 2.05) is 6.08 Å². The van der Waals surface area contributed by atoms with Gasteiger partial charge in [-0.15, -0.1) is 0 Å². The molecular formula is C13H20N2O5. The molecule has 1 aliphatic rings. The normalized spacial score (nSPS) is 14.7. The second-order valence-corrected chi connectivity index (χ2v) is 4.59. The molecule has 2 N–H and O–H groups in total. The Balaban J connectivity index is 2.29. The number of hydrogen-bond donors (Lipinski definition) is 2. The standard InChI is InChI=1S/C13H20N2O5/c1-20-9-10-5-7-15(8-6-10)13(19)14-11(16)3-2-4-12(17)18/h5H,2-4,6-9H2,1H3,(H,17,18)(H,14,16,19). The van der Waals surface area contributed by atoms with E-state index in [4.69, 9.17) is 9.84 Å². The van der Waals surface area contributed by atoms with Gasteiger partial charge in [0.1, 0.15) is 0 Å². The van der Waals surface area contributed by atoms with Gasteiger partial charge in [-0.1, -0.05) is 6.08 Å². The zero-order valence-corrected chi connectivity index (χ0v) is 11.6. The van der Waals surface area contributed by atoms with Crippen LogP contribution in [0.4, 0.5) is 4.79 Å². The van der Waals surface area contributed by atoms with Crippen LogP contribution in [0, 0.1) is 0 Å². The zero-order valence-electron chi connectivity index (χ0n) is 11.6. The number of nitrogens with zero attached hydrogens (tertiary/aromatic N) is 1. The average molecular weight is 284 g/mol. The van der Waals surface area contributed by atoms with Crippen molar-refractivity contribution in [1.82, 2.24) is 10.2 Å². The van der Waals surface area contributed by atoms with Gasteiger partial charge >= 0.3 is 12.0 Å². The van der Waals surface area contributed by atoms with E-state index in [0.29, 0.717) is 19.7 Å². The van der Waals surface area contributed by atoms with Gasteiger partial charge in [0, 0.05) is 33.0 Å².